The first-order valence-electron chi connectivity index (χ1n) is 6.55. The average Bonchev–Trinajstić information content (AvgIpc) is 2.89. The average molecular weight is 296 g/mol. The summed E-state index contributed by atoms with van der Waals surface area (Å²) in [5.41, 5.74) is 0.892. The van der Waals surface area contributed by atoms with Crippen LogP contribution in [0.2, 0.25) is 0 Å². The molecule has 0 aliphatic carbocycles. The van der Waals surface area contributed by atoms with Gasteiger partial charge in [0.05, 0.1) is 11.3 Å². The van der Waals surface area contributed by atoms with Gasteiger partial charge in [-0.2, -0.15) is 0 Å². The molecular formula is C16H9FN2O3. The summed E-state index contributed by atoms with van der Waals surface area (Å²) in [4.78, 5) is 26.5. The highest BCUT2D eigenvalue weighted by atomic mass is 19.1. The number of halogens is 1. The zero-order chi connectivity index (χ0) is 15.3. The van der Waals surface area contributed by atoms with Crippen LogP contribution in [0, 0.1) is 5.82 Å². The lowest BCUT2D eigenvalue weighted by Crippen LogP contribution is -2.02. The van der Waals surface area contributed by atoms with E-state index in [-0.39, 0.29) is 11.0 Å². The van der Waals surface area contributed by atoms with E-state index in [1.165, 1.54) is 24.3 Å². The molecule has 4 rings (SSSR count). The van der Waals surface area contributed by atoms with E-state index in [2.05, 4.69) is 4.98 Å². The van der Waals surface area contributed by atoms with Crippen molar-refractivity contribution < 1.29 is 8.81 Å². The summed E-state index contributed by atoms with van der Waals surface area (Å²) in [6.45, 7) is 0. The summed E-state index contributed by atoms with van der Waals surface area (Å²) in [5.74, 6) is -0.465. The molecule has 5 nitrogen and oxygen atoms in total. The van der Waals surface area contributed by atoms with E-state index in [1.807, 2.05) is 0 Å². The fourth-order valence-electron chi connectivity index (χ4n) is 2.42. The molecule has 4 aromatic rings. The van der Waals surface area contributed by atoms with Crippen molar-refractivity contribution in [3.63, 3.8) is 0 Å². The molecule has 3 aromatic heterocycles. The lowest BCUT2D eigenvalue weighted by molar-refractivity contribution is 0.556. The largest absolute Gasteiger partial charge is 0.422 e. The molecule has 22 heavy (non-hydrogen) atoms. The van der Waals surface area contributed by atoms with Crippen molar-refractivity contribution in [2.75, 3.05) is 0 Å². The number of imidazole rings is 1. The van der Waals surface area contributed by atoms with Gasteiger partial charge in [0.15, 0.2) is 5.43 Å². The predicted molar refractivity (Wildman–Crippen MR) is 79.5 cm³/mol. The summed E-state index contributed by atoms with van der Waals surface area (Å²) in [5, 5.41) is 0.615. The molecule has 0 unspecified atom stereocenters. The Morgan fingerprint density at radius 2 is 1.95 bits per heavy atom. The second kappa shape index (κ2) is 4.42. The van der Waals surface area contributed by atoms with E-state index in [1.54, 1.807) is 28.9 Å². The molecule has 1 aromatic carbocycles. The zero-order valence-corrected chi connectivity index (χ0v) is 11.2. The van der Waals surface area contributed by atoms with Crippen LogP contribution >= 0.6 is 0 Å². The number of pyridine rings is 1. The molecule has 3 heterocycles. The second-order valence-electron chi connectivity index (χ2n) is 4.95. The number of hydrogen-bond donors (Lipinski definition) is 1. The maximum Gasteiger partial charge on any atom is 0.345 e. The maximum atomic E-state index is 13.2. The van der Waals surface area contributed by atoms with Crippen LogP contribution in [0.5, 0.6) is 0 Å². The Bertz CT molecular complexity index is 1140. The van der Waals surface area contributed by atoms with Gasteiger partial charge in [0.2, 0.25) is 0 Å². The quantitative estimate of drug-likeness (QED) is 0.549. The van der Waals surface area contributed by atoms with Gasteiger partial charge in [-0.05, 0) is 18.2 Å². The van der Waals surface area contributed by atoms with Gasteiger partial charge in [0.25, 0.3) is 0 Å². The number of benzene rings is 1. The Labute approximate surface area is 122 Å². The molecule has 0 bridgehead atoms. The van der Waals surface area contributed by atoms with E-state index in [0.717, 1.165) is 0 Å². The highest BCUT2D eigenvalue weighted by Gasteiger charge is 2.11. The molecule has 0 atom stereocenters. The second-order valence-corrected chi connectivity index (χ2v) is 4.95. The van der Waals surface area contributed by atoms with Gasteiger partial charge in [-0.1, -0.05) is 0 Å². The Balaban J connectivity index is 1.98. The molecule has 0 saturated heterocycles. The van der Waals surface area contributed by atoms with Crippen molar-refractivity contribution in [2.24, 2.45) is 0 Å². The van der Waals surface area contributed by atoms with Crippen molar-refractivity contribution in [3.05, 3.63) is 75.3 Å². The smallest absolute Gasteiger partial charge is 0.345 e. The molecule has 0 spiro atoms. The molecule has 0 aliphatic rings. The Kier molecular flexibility index (Phi) is 2.53. The summed E-state index contributed by atoms with van der Waals surface area (Å²) < 4.78 is 20.0. The highest BCUT2D eigenvalue weighted by Crippen LogP contribution is 2.21. The summed E-state index contributed by atoms with van der Waals surface area (Å²) in [6, 6.07) is 8.50. The van der Waals surface area contributed by atoms with E-state index < -0.39 is 11.4 Å². The zero-order valence-electron chi connectivity index (χ0n) is 11.2. The highest BCUT2D eigenvalue weighted by molar-refractivity contribution is 5.81. The van der Waals surface area contributed by atoms with Gasteiger partial charge in [-0.3, -0.25) is 4.79 Å². The number of rotatable bonds is 1. The minimum atomic E-state index is -0.576. The fraction of sp³-hybridized carbons (Fsp3) is 0. The SMILES string of the molecule is O=c1ccn2cc(-c3cc4ccc(F)cc4oc3=O)[nH]c2c1. The molecule has 0 amide bonds. The molecule has 0 fully saturated rings. The Hall–Kier alpha value is -3.15. The molecule has 6 heteroatoms. The van der Waals surface area contributed by atoms with E-state index in [9.17, 15) is 14.0 Å². The minimum absolute atomic E-state index is 0.130. The summed E-state index contributed by atoms with van der Waals surface area (Å²) in [6.07, 6.45) is 3.30. The van der Waals surface area contributed by atoms with Gasteiger partial charge in [0, 0.05) is 36.0 Å². The third-order valence-corrected chi connectivity index (χ3v) is 3.48. The van der Waals surface area contributed by atoms with Crippen LogP contribution in [0.4, 0.5) is 4.39 Å². The first-order chi connectivity index (χ1) is 10.6. The number of nitrogens with zero attached hydrogens (tertiary/aromatic N) is 1. The standard InChI is InChI=1S/C16H9FN2O3/c17-10-2-1-9-5-12(16(21)22-14(9)6-10)13-8-19-4-3-11(20)7-15(19)18-13/h1-8,18H. The van der Waals surface area contributed by atoms with Crippen LogP contribution in [0.1, 0.15) is 0 Å². The molecule has 1 N–H and O–H groups in total. The first kappa shape index (κ1) is 12.6. The number of fused-ring (bicyclic) bond motifs is 2. The van der Waals surface area contributed by atoms with Gasteiger partial charge in [0.1, 0.15) is 17.0 Å². The number of aromatic amines is 1. The van der Waals surface area contributed by atoms with Crippen molar-refractivity contribution in [1.29, 1.82) is 0 Å². The van der Waals surface area contributed by atoms with Crippen molar-refractivity contribution in [1.82, 2.24) is 9.38 Å². The topological polar surface area (TPSA) is 67.5 Å². The van der Waals surface area contributed by atoms with Gasteiger partial charge >= 0.3 is 5.63 Å². The van der Waals surface area contributed by atoms with Gasteiger partial charge in [-0.25, -0.2) is 9.18 Å². The monoisotopic (exact) mass is 296 g/mol. The number of aromatic nitrogens is 2. The molecule has 0 radical (unpaired) electrons. The van der Waals surface area contributed by atoms with Crippen molar-refractivity contribution in [2.45, 2.75) is 0 Å². The van der Waals surface area contributed by atoms with Crippen LogP contribution in [0.25, 0.3) is 27.9 Å². The van der Waals surface area contributed by atoms with E-state index in [0.29, 0.717) is 22.3 Å². The van der Waals surface area contributed by atoms with Crippen LogP contribution in [-0.4, -0.2) is 9.38 Å². The molecule has 0 aliphatic heterocycles. The van der Waals surface area contributed by atoms with E-state index >= 15 is 0 Å². The van der Waals surface area contributed by atoms with E-state index in [4.69, 9.17) is 4.42 Å². The Morgan fingerprint density at radius 3 is 2.82 bits per heavy atom. The minimum Gasteiger partial charge on any atom is -0.422 e. The van der Waals surface area contributed by atoms with Crippen LogP contribution < -0.4 is 11.1 Å². The van der Waals surface area contributed by atoms with Gasteiger partial charge < -0.3 is 13.8 Å². The number of H-pyrrole nitrogens is 1. The van der Waals surface area contributed by atoms with Gasteiger partial charge in [-0.15, -0.1) is 0 Å². The molecular weight excluding hydrogens is 287 g/mol. The molecule has 0 saturated carbocycles. The first-order valence-corrected chi connectivity index (χ1v) is 6.55. The molecule has 108 valence electrons. The maximum absolute atomic E-state index is 13.2. The normalized spacial score (nSPS) is 11.3. The predicted octanol–water partition coefficient (Wildman–Crippen LogP) is 2.54. The number of nitrogens with one attached hydrogen (secondary N) is 1. The third kappa shape index (κ3) is 1.93. The van der Waals surface area contributed by atoms with Crippen LogP contribution in [0.15, 0.2) is 62.8 Å². The van der Waals surface area contributed by atoms with Crippen LogP contribution in [-0.2, 0) is 0 Å². The fourth-order valence-corrected chi connectivity index (χ4v) is 2.42. The summed E-state index contributed by atoms with van der Waals surface area (Å²) in [7, 11) is 0. The van der Waals surface area contributed by atoms with Crippen LogP contribution in [0.3, 0.4) is 0 Å². The Morgan fingerprint density at radius 1 is 1.09 bits per heavy atom. The summed E-state index contributed by atoms with van der Waals surface area (Å²) >= 11 is 0. The lowest BCUT2D eigenvalue weighted by Gasteiger charge is -2.00. The number of hydrogen-bond acceptors (Lipinski definition) is 3. The lowest BCUT2D eigenvalue weighted by atomic mass is 10.1. The van der Waals surface area contributed by atoms with Crippen molar-refractivity contribution >= 4 is 16.6 Å². The van der Waals surface area contributed by atoms with Crippen molar-refractivity contribution in [3.8, 4) is 11.3 Å². The third-order valence-electron chi connectivity index (χ3n) is 3.48.